The quantitative estimate of drug-likeness (QED) is 0.489. The van der Waals surface area contributed by atoms with E-state index >= 15 is 0 Å². The number of benzene rings is 1. The van der Waals surface area contributed by atoms with Crippen molar-refractivity contribution in [1.82, 2.24) is 14.3 Å². The van der Waals surface area contributed by atoms with Gasteiger partial charge in [-0.2, -0.15) is 4.37 Å². The average Bonchev–Trinajstić information content (AvgIpc) is 3.17. The van der Waals surface area contributed by atoms with Gasteiger partial charge < -0.3 is 9.80 Å². The molecule has 1 aromatic heterocycles. The monoisotopic (exact) mass is 420 g/mol. The van der Waals surface area contributed by atoms with Crippen LogP contribution in [0.5, 0.6) is 0 Å². The van der Waals surface area contributed by atoms with Crippen LogP contribution in [0.15, 0.2) is 24.3 Å². The van der Waals surface area contributed by atoms with Gasteiger partial charge in [-0.15, -0.1) is 0 Å². The summed E-state index contributed by atoms with van der Waals surface area (Å²) in [6.45, 7) is 10.8. The Morgan fingerprint density at radius 3 is 2.34 bits per heavy atom. The molecule has 0 fully saturated rings. The van der Waals surface area contributed by atoms with Gasteiger partial charge in [0.15, 0.2) is 0 Å². The largest absolute Gasteiger partial charge is 0.344 e. The third-order valence-corrected chi connectivity index (χ3v) is 5.80. The standard InChI is InChI=1S/C22H33FN4OS/c1-5-13-26(14-6-2)21(28)12-15-27(17(4)7-3)22-24-20(25-29-22)16-18-8-10-19(23)11-9-18/h8-11,17H,5-7,12-16H2,1-4H3/t17-/m1/s1. The molecule has 160 valence electrons. The second kappa shape index (κ2) is 11.9. The van der Waals surface area contributed by atoms with Gasteiger partial charge in [-0.05, 0) is 43.9 Å². The Bertz CT molecular complexity index is 744. The number of carbonyl (C=O) groups excluding carboxylic acids is 1. The van der Waals surface area contributed by atoms with Crippen molar-refractivity contribution in [2.24, 2.45) is 0 Å². The van der Waals surface area contributed by atoms with Crippen LogP contribution >= 0.6 is 11.5 Å². The summed E-state index contributed by atoms with van der Waals surface area (Å²) in [4.78, 5) is 21.5. The number of aromatic nitrogens is 2. The van der Waals surface area contributed by atoms with E-state index in [9.17, 15) is 9.18 Å². The van der Waals surface area contributed by atoms with Crippen molar-refractivity contribution in [3.05, 3.63) is 41.5 Å². The van der Waals surface area contributed by atoms with E-state index in [2.05, 4.69) is 37.0 Å². The van der Waals surface area contributed by atoms with E-state index in [1.807, 2.05) is 4.90 Å². The van der Waals surface area contributed by atoms with Crippen molar-refractivity contribution < 1.29 is 9.18 Å². The van der Waals surface area contributed by atoms with Gasteiger partial charge in [0.25, 0.3) is 0 Å². The lowest BCUT2D eigenvalue weighted by atomic mass is 10.1. The van der Waals surface area contributed by atoms with E-state index in [1.54, 1.807) is 12.1 Å². The molecule has 1 heterocycles. The van der Waals surface area contributed by atoms with Gasteiger partial charge in [-0.3, -0.25) is 4.79 Å². The van der Waals surface area contributed by atoms with Crippen LogP contribution in [0, 0.1) is 5.82 Å². The maximum Gasteiger partial charge on any atom is 0.224 e. The number of hydrogen-bond donors (Lipinski definition) is 0. The van der Waals surface area contributed by atoms with Crippen LogP contribution in [-0.2, 0) is 11.2 Å². The van der Waals surface area contributed by atoms with E-state index in [4.69, 9.17) is 4.98 Å². The Morgan fingerprint density at radius 1 is 1.10 bits per heavy atom. The van der Waals surface area contributed by atoms with E-state index in [0.29, 0.717) is 19.4 Å². The lowest BCUT2D eigenvalue weighted by Gasteiger charge is -2.29. The molecule has 0 N–H and O–H groups in total. The highest BCUT2D eigenvalue weighted by Crippen LogP contribution is 2.23. The number of anilines is 1. The van der Waals surface area contributed by atoms with Crippen molar-refractivity contribution in [3.8, 4) is 0 Å². The molecule has 0 bridgehead atoms. The second-order valence-electron chi connectivity index (χ2n) is 7.38. The molecule has 2 aromatic rings. The number of halogens is 1. The number of hydrogen-bond acceptors (Lipinski definition) is 5. The van der Waals surface area contributed by atoms with Crippen LogP contribution < -0.4 is 4.90 Å². The highest BCUT2D eigenvalue weighted by atomic mass is 32.1. The number of carbonyl (C=O) groups is 1. The molecular weight excluding hydrogens is 387 g/mol. The Kier molecular flexibility index (Phi) is 9.51. The van der Waals surface area contributed by atoms with E-state index < -0.39 is 0 Å². The Labute approximate surface area is 178 Å². The Hall–Kier alpha value is -2.02. The minimum absolute atomic E-state index is 0.207. The summed E-state index contributed by atoms with van der Waals surface area (Å²) in [7, 11) is 0. The van der Waals surface area contributed by atoms with Gasteiger partial charge >= 0.3 is 0 Å². The van der Waals surface area contributed by atoms with Gasteiger partial charge in [0.2, 0.25) is 11.0 Å². The molecular formula is C22H33FN4OS. The summed E-state index contributed by atoms with van der Waals surface area (Å²) in [6, 6.07) is 6.71. The first-order chi connectivity index (χ1) is 14.0. The van der Waals surface area contributed by atoms with Crippen LogP contribution in [-0.4, -0.2) is 45.8 Å². The van der Waals surface area contributed by atoms with Gasteiger partial charge in [0.1, 0.15) is 11.6 Å². The molecule has 0 aliphatic rings. The van der Waals surface area contributed by atoms with Crippen molar-refractivity contribution in [2.75, 3.05) is 24.5 Å². The normalized spacial score (nSPS) is 12.0. The summed E-state index contributed by atoms with van der Waals surface area (Å²) >= 11 is 1.37. The molecule has 0 saturated carbocycles. The topological polar surface area (TPSA) is 49.3 Å². The van der Waals surface area contributed by atoms with Crippen LogP contribution in [0.25, 0.3) is 0 Å². The van der Waals surface area contributed by atoms with Crippen molar-refractivity contribution in [3.63, 3.8) is 0 Å². The number of nitrogens with zero attached hydrogens (tertiary/aromatic N) is 4. The fourth-order valence-corrected chi connectivity index (χ4v) is 4.03. The molecule has 0 spiro atoms. The third kappa shape index (κ3) is 7.07. The smallest absolute Gasteiger partial charge is 0.224 e. The molecule has 0 aliphatic heterocycles. The fourth-order valence-electron chi connectivity index (χ4n) is 3.22. The fraction of sp³-hybridized carbons (Fsp3) is 0.591. The summed E-state index contributed by atoms with van der Waals surface area (Å²) in [5.41, 5.74) is 0.982. The van der Waals surface area contributed by atoms with Gasteiger partial charge in [-0.1, -0.05) is 32.9 Å². The molecule has 1 aromatic carbocycles. The molecule has 0 unspecified atom stereocenters. The van der Waals surface area contributed by atoms with Crippen LogP contribution in [0.1, 0.15) is 64.8 Å². The second-order valence-corrected chi connectivity index (χ2v) is 8.11. The van der Waals surface area contributed by atoms with Crippen LogP contribution in [0.4, 0.5) is 9.52 Å². The minimum Gasteiger partial charge on any atom is -0.344 e. The molecule has 0 saturated heterocycles. The van der Waals surface area contributed by atoms with Crippen molar-refractivity contribution in [1.29, 1.82) is 0 Å². The maximum atomic E-state index is 13.1. The molecule has 0 radical (unpaired) electrons. The summed E-state index contributed by atoms with van der Waals surface area (Å²) in [6.07, 6.45) is 3.98. The van der Waals surface area contributed by atoms with E-state index in [1.165, 1.54) is 23.7 Å². The predicted octanol–water partition coefficient (Wildman–Crippen LogP) is 4.91. The molecule has 5 nitrogen and oxygen atoms in total. The zero-order valence-corrected chi connectivity index (χ0v) is 18.8. The molecule has 29 heavy (non-hydrogen) atoms. The molecule has 1 amide bonds. The highest BCUT2D eigenvalue weighted by molar-refractivity contribution is 7.09. The van der Waals surface area contributed by atoms with Crippen LogP contribution in [0.3, 0.4) is 0 Å². The summed E-state index contributed by atoms with van der Waals surface area (Å²) in [5, 5.41) is 0.849. The minimum atomic E-state index is -0.242. The zero-order chi connectivity index (χ0) is 21.2. The molecule has 1 atom stereocenters. The first-order valence-electron chi connectivity index (χ1n) is 10.6. The van der Waals surface area contributed by atoms with Crippen molar-refractivity contribution in [2.45, 2.75) is 65.8 Å². The zero-order valence-electron chi connectivity index (χ0n) is 18.0. The first kappa shape index (κ1) is 23.3. The van der Waals surface area contributed by atoms with Gasteiger partial charge in [0, 0.05) is 50.1 Å². The first-order valence-corrected chi connectivity index (χ1v) is 11.4. The van der Waals surface area contributed by atoms with Crippen molar-refractivity contribution >= 4 is 22.6 Å². The summed E-state index contributed by atoms with van der Waals surface area (Å²) < 4.78 is 17.6. The SMILES string of the molecule is CCCN(CCC)C(=O)CCN(c1nc(Cc2ccc(F)cc2)ns1)[C@H](C)CC. The summed E-state index contributed by atoms with van der Waals surface area (Å²) in [5.74, 6) is 0.696. The average molecular weight is 421 g/mol. The lowest BCUT2D eigenvalue weighted by molar-refractivity contribution is -0.131. The van der Waals surface area contributed by atoms with E-state index in [0.717, 1.165) is 48.9 Å². The van der Waals surface area contributed by atoms with E-state index in [-0.39, 0.29) is 17.8 Å². The molecule has 0 aliphatic carbocycles. The predicted molar refractivity (Wildman–Crippen MR) is 118 cm³/mol. The van der Waals surface area contributed by atoms with Gasteiger partial charge in [0.05, 0.1) is 0 Å². The number of rotatable bonds is 12. The molecule has 7 heteroatoms. The Balaban J connectivity index is 2.05. The highest BCUT2D eigenvalue weighted by Gasteiger charge is 2.20. The maximum absolute atomic E-state index is 13.1. The Morgan fingerprint density at radius 2 is 1.76 bits per heavy atom. The molecule has 2 rings (SSSR count). The third-order valence-electron chi connectivity index (χ3n) is 5.01. The number of amides is 1. The lowest BCUT2D eigenvalue weighted by Crippen LogP contribution is -2.38. The van der Waals surface area contributed by atoms with Crippen LogP contribution in [0.2, 0.25) is 0 Å². The van der Waals surface area contributed by atoms with Gasteiger partial charge in [-0.25, -0.2) is 9.37 Å².